The van der Waals surface area contributed by atoms with Crippen molar-refractivity contribution in [3.05, 3.63) is 65.0 Å². The second-order valence-electron chi connectivity index (χ2n) is 5.24. The molecule has 0 aromatic heterocycles. The minimum atomic E-state index is -1.09. The van der Waals surface area contributed by atoms with Gasteiger partial charge < -0.3 is 15.2 Å². The zero-order valence-electron chi connectivity index (χ0n) is 12.9. The molecule has 128 valence electrons. The number of hydrogen-bond donors (Lipinski definition) is 2. The maximum absolute atomic E-state index is 14.0. The van der Waals surface area contributed by atoms with Crippen LogP contribution >= 0.6 is 0 Å². The smallest absolute Gasteiger partial charge is 0.257 e. The van der Waals surface area contributed by atoms with E-state index in [-0.39, 0.29) is 19.0 Å². The summed E-state index contributed by atoms with van der Waals surface area (Å²) in [6.45, 7) is 1.05. The molecule has 0 aliphatic rings. The van der Waals surface area contributed by atoms with Crippen LogP contribution in [0.4, 0.5) is 13.2 Å². The quantitative estimate of drug-likeness (QED) is 0.851. The summed E-state index contributed by atoms with van der Waals surface area (Å²) >= 11 is 0. The third-order valence-corrected chi connectivity index (χ3v) is 3.19. The molecular weight excluding hydrogens is 323 g/mol. The molecule has 0 saturated carbocycles. The highest BCUT2D eigenvalue weighted by atomic mass is 19.1. The summed E-state index contributed by atoms with van der Waals surface area (Å²) < 4.78 is 46.3. The van der Waals surface area contributed by atoms with Crippen molar-refractivity contribution < 1.29 is 27.8 Å². The number of rotatable bonds is 6. The lowest BCUT2D eigenvalue weighted by atomic mass is 10.1. The van der Waals surface area contributed by atoms with Gasteiger partial charge in [0.05, 0.1) is 6.61 Å². The van der Waals surface area contributed by atoms with Crippen LogP contribution in [0.2, 0.25) is 0 Å². The standard InChI is InChI=1S/C17H16F3NO3/c1-10(8-22)21-17(23)16-14(19)6-13(7-15(16)20)24-9-11-3-2-4-12(18)5-11/h2-7,10,22H,8-9H2,1H3,(H,21,23)/t10-/m1/s1. The van der Waals surface area contributed by atoms with E-state index in [1.807, 2.05) is 0 Å². The van der Waals surface area contributed by atoms with Gasteiger partial charge in [0.1, 0.15) is 35.4 Å². The average molecular weight is 339 g/mol. The molecule has 1 atom stereocenters. The summed E-state index contributed by atoms with van der Waals surface area (Å²) in [6.07, 6.45) is 0. The van der Waals surface area contributed by atoms with Crippen LogP contribution in [-0.2, 0) is 6.61 Å². The molecule has 1 amide bonds. The number of amides is 1. The van der Waals surface area contributed by atoms with Crippen molar-refractivity contribution in [2.75, 3.05) is 6.61 Å². The van der Waals surface area contributed by atoms with E-state index in [1.165, 1.54) is 25.1 Å². The van der Waals surface area contributed by atoms with Crippen molar-refractivity contribution in [1.82, 2.24) is 5.32 Å². The number of carbonyl (C=O) groups excluding carboxylic acids is 1. The first-order chi connectivity index (χ1) is 11.4. The SMILES string of the molecule is C[C@H](CO)NC(=O)c1c(F)cc(OCc2cccc(F)c2)cc1F. The van der Waals surface area contributed by atoms with Gasteiger partial charge in [-0.2, -0.15) is 0 Å². The molecular formula is C17H16F3NO3. The van der Waals surface area contributed by atoms with E-state index in [4.69, 9.17) is 9.84 Å². The minimum absolute atomic E-state index is 0.0796. The maximum atomic E-state index is 14.0. The number of carbonyl (C=O) groups is 1. The lowest BCUT2D eigenvalue weighted by Crippen LogP contribution is -2.36. The number of halogens is 3. The lowest BCUT2D eigenvalue weighted by Gasteiger charge is -2.13. The predicted molar refractivity (Wildman–Crippen MR) is 81.1 cm³/mol. The van der Waals surface area contributed by atoms with Crippen LogP contribution in [0.1, 0.15) is 22.8 Å². The van der Waals surface area contributed by atoms with Crippen molar-refractivity contribution in [3.8, 4) is 5.75 Å². The molecule has 2 aromatic carbocycles. The number of ether oxygens (including phenoxy) is 1. The highest BCUT2D eigenvalue weighted by Crippen LogP contribution is 2.22. The molecule has 0 spiro atoms. The number of aliphatic hydroxyl groups is 1. The van der Waals surface area contributed by atoms with Gasteiger partial charge >= 0.3 is 0 Å². The second-order valence-corrected chi connectivity index (χ2v) is 5.24. The lowest BCUT2D eigenvalue weighted by molar-refractivity contribution is 0.0913. The molecule has 2 aromatic rings. The van der Waals surface area contributed by atoms with Crippen molar-refractivity contribution in [2.45, 2.75) is 19.6 Å². The first kappa shape index (κ1) is 17.8. The van der Waals surface area contributed by atoms with Gasteiger partial charge in [0.15, 0.2) is 0 Å². The Morgan fingerprint density at radius 3 is 2.46 bits per heavy atom. The van der Waals surface area contributed by atoms with Crippen LogP contribution in [0.15, 0.2) is 36.4 Å². The van der Waals surface area contributed by atoms with Crippen LogP contribution in [0.3, 0.4) is 0 Å². The summed E-state index contributed by atoms with van der Waals surface area (Å²) in [5.41, 5.74) is -0.261. The van der Waals surface area contributed by atoms with E-state index in [0.29, 0.717) is 5.56 Å². The number of hydrogen-bond acceptors (Lipinski definition) is 3. The van der Waals surface area contributed by atoms with E-state index in [9.17, 15) is 18.0 Å². The predicted octanol–water partition coefficient (Wildman–Crippen LogP) is 2.79. The maximum Gasteiger partial charge on any atom is 0.257 e. The Balaban J connectivity index is 2.12. The summed E-state index contributed by atoms with van der Waals surface area (Å²) in [7, 11) is 0. The van der Waals surface area contributed by atoms with Gasteiger partial charge in [0.25, 0.3) is 5.91 Å². The molecule has 0 aliphatic heterocycles. The fourth-order valence-corrected chi connectivity index (χ4v) is 1.99. The van der Waals surface area contributed by atoms with Crippen molar-refractivity contribution in [3.63, 3.8) is 0 Å². The van der Waals surface area contributed by atoms with Gasteiger partial charge in [-0.05, 0) is 24.6 Å². The molecule has 4 nitrogen and oxygen atoms in total. The summed E-state index contributed by atoms with van der Waals surface area (Å²) in [6, 6.07) is 6.72. The summed E-state index contributed by atoms with van der Waals surface area (Å²) in [5.74, 6) is -3.72. The molecule has 0 heterocycles. The molecule has 2 N–H and O–H groups in total. The number of benzene rings is 2. The van der Waals surface area contributed by atoms with E-state index >= 15 is 0 Å². The van der Waals surface area contributed by atoms with Crippen LogP contribution in [0.5, 0.6) is 5.75 Å². The fourth-order valence-electron chi connectivity index (χ4n) is 1.99. The van der Waals surface area contributed by atoms with E-state index in [1.54, 1.807) is 6.07 Å². The Bertz CT molecular complexity index is 714. The largest absolute Gasteiger partial charge is 0.489 e. The molecule has 0 radical (unpaired) electrons. The summed E-state index contributed by atoms with van der Waals surface area (Å²) in [4.78, 5) is 11.8. The zero-order chi connectivity index (χ0) is 17.7. The third kappa shape index (κ3) is 4.48. The number of aliphatic hydroxyl groups excluding tert-OH is 1. The monoisotopic (exact) mass is 339 g/mol. The van der Waals surface area contributed by atoms with Crippen molar-refractivity contribution in [1.29, 1.82) is 0 Å². The fraction of sp³-hybridized carbons (Fsp3) is 0.235. The molecule has 2 rings (SSSR count). The van der Waals surface area contributed by atoms with Gasteiger partial charge in [-0.1, -0.05) is 12.1 Å². The molecule has 24 heavy (non-hydrogen) atoms. The van der Waals surface area contributed by atoms with Crippen molar-refractivity contribution in [2.24, 2.45) is 0 Å². The van der Waals surface area contributed by atoms with Gasteiger partial charge in [-0.25, -0.2) is 13.2 Å². The zero-order valence-corrected chi connectivity index (χ0v) is 12.9. The average Bonchev–Trinajstić information content (AvgIpc) is 2.52. The third-order valence-electron chi connectivity index (χ3n) is 3.19. The van der Waals surface area contributed by atoms with E-state index in [0.717, 1.165) is 12.1 Å². The highest BCUT2D eigenvalue weighted by molar-refractivity contribution is 5.95. The van der Waals surface area contributed by atoms with Crippen LogP contribution in [0, 0.1) is 17.5 Å². The molecule has 0 bridgehead atoms. The Morgan fingerprint density at radius 1 is 1.21 bits per heavy atom. The molecule has 0 fully saturated rings. The summed E-state index contributed by atoms with van der Waals surface area (Å²) in [5, 5.41) is 11.1. The van der Waals surface area contributed by atoms with Crippen LogP contribution < -0.4 is 10.1 Å². The Morgan fingerprint density at radius 2 is 1.88 bits per heavy atom. The van der Waals surface area contributed by atoms with Crippen LogP contribution in [0.25, 0.3) is 0 Å². The molecule has 0 aliphatic carbocycles. The molecule has 7 heteroatoms. The van der Waals surface area contributed by atoms with Crippen molar-refractivity contribution >= 4 is 5.91 Å². The van der Waals surface area contributed by atoms with Gasteiger partial charge in [0, 0.05) is 18.2 Å². The Labute approximate surface area is 136 Å². The first-order valence-corrected chi connectivity index (χ1v) is 7.18. The molecule has 0 unspecified atom stereocenters. The first-order valence-electron chi connectivity index (χ1n) is 7.18. The topological polar surface area (TPSA) is 58.6 Å². The second kappa shape index (κ2) is 7.83. The van der Waals surface area contributed by atoms with Crippen LogP contribution in [-0.4, -0.2) is 23.7 Å². The van der Waals surface area contributed by atoms with Gasteiger partial charge in [-0.15, -0.1) is 0 Å². The highest BCUT2D eigenvalue weighted by Gasteiger charge is 2.20. The minimum Gasteiger partial charge on any atom is -0.489 e. The molecule has 0 saturated heterocycles. The van der Waals surface area contributed by atoms with Gasteiger partial charge in [0.2, 0.25) is 0 Å². The Hall–Kier alpha value is -2.54. The van der Waals surface area contributed by atoms with E-state index < -0.39 is 35.0 Å². The number of nitrogens with one attached hydrogen (secondary N) is 1. The van der Waals surface area contributed by atoms with E-state index in [2.05, 4.69) is 5.32 Å². The Kier molecular flexibility index (Phi) is 5.81. The van der Waals surface area contributed by atoms with Gasteiger partial charge in [-0.3, -0.25) is 4.79 Å². The normalized spacial score (nSPS) is 11.9.